The Balaban J connectivity index is 1.19. The quantitative estimate of drug-likeness (QED) is 0.196. The summed E-state index contributed by atoms with van der Waals surface area (Å²) in [5.41, 5.74) is 7.43. The smallest absolute Gasteiger partial charge is 0.224 e. The van der Waals surface area contributed by atoms with Gasteiger partial charge in [-0.3, -0.25) is 19.9 Å². The largest absolute Gasteiger partial charge is 0.353 e. The average Bonchev–Trinajstić information content (AvgIpc) is 3.71. The number of hydrogen-bond acceptors (Lipinski definition) is 5. The molecule has 0 unspecified atom stereocenters. The van der Waals surface area contributed by atoms with Crippen molar-refractivity contribution in [1.29, 1.82) is 0 Å². The van der Waals surface area contributed by atoms with Crippen molar-refractivity contribution in [2.45, 2.75) is 45.4 Å². The number of carbonyl (C=O) groups excluding carboxylic acids is 1. The first-order valence-electron chi connectivity index (χ1n) is 13.9. The van der Waals surface area contributed by atoms with Gasteiger partial charge < -0.3 is 10.3 Å². The molecular formula is C32H30N6OS. The molecule has 0 saturated heterocycles. The Morgan fingerprint density at radius 2 is 1.82 bits per heavy atom. The molecule has 1 amide bonds. The molecule has 40 heavy (non-hydrogen) atoms. The molecule has 7 rings (SSSR count). The number of amides is 1. The second-order valence-electron chi connectivity index (χ2n) is 10.8. The number of aromatic amines is 2. The minimum absolute atomic E-state index is 0.0730. The average molecular weight is 547 g/mol. The summed E-state index contributed by atoms with van der Waals surface area (Å²) in [5.74, 6) is 0.571. The van der Waals surface area contributed by atoms with E-state index in [0.29, 0.717) is 12.3 Å². The van der Waals surface area contributed by atoms with Gasteiger partial charge in [0, 0.05) is 45.5 Å². The number of aryl methyl sites for hydroxylation is 1. The van der Waals surface area contributed by atoms with E-state index in [2.05, 4.69) is 67.7 Å². The summed E-state index contributed by atoms with van der Waals surface area (Å²) in [7, 11) is 0. The zero-order valence-corrected chi connectivity index (χ0v) is 23.1. The fourth-order valence-electron chi connectivity index (χ4n) is 5.87. The molecule has 1 fully saturated rings. The summed E-state index contributed by atoms with van der Waals surface area (Å²) in [6.45, 7) is 2.11. The zero-order chi connectivity index (χ0) is 27.1. The van der Waals surface area contributed by atoms with E-state index in [1.165, 1.54) is 24.1 Å². The molecule has 0 radical (unpaired) electrons. The Hall–Kier alpha value is -4.30. The van der Waals surface area contributed by atoms with Gasteiger partial charge in [-0.15, -0.1) is 11.3 Å². The number of H-pyrrole nitrogens is 2. The Morgan fingerprint density at radius 3 is 2.67 bits per heavy atom. The molecule has 5 heterocycles. The van der Waals surface area contributed by atoms with E-state index in [-0.39, 0.29) is 5.91 Å². The summed E-state index contributed by atoms with van der Waals surface area (Å²) < 4.78 is 0. The summed E-state index contributed by atoms with van der Waals surface area (Å²) >= 11 is 1.75. The number of nitrogens with one attached hydrogen (secondary N) is 3. The van der Waals surface area contributed by atoms with Crippen LogP contribution >= 0.6 is 11.3 Å². The van der Waals surface area contributed by atoms with Crippen molar-refractivity contribution in [1.82, 2.24) is 25.1 Å². The zero-order valence-electron chi connectivity index (χ0n) is 22.3. The number of rotatable bonds is 6. The summed E-state index contributed by atoms with van der Waals surface area (Å²) in [6.07, 6.45) is 12.1. The molecule has 1 saturated carbocycles. The monoisotopic (exact) mass is 546 g/mol. The van der Waals surface area contributed by atoms with Gasteiger partial charge in [-0.25, -0.2) is 0 Å². The topological polar surface area (TPSA) is 99.3 Å². The summed E-state index contributed by atoms with van der Waals surface area (Å²) in [5, 5.41) is 13.0. The molecule has 5 aromatic heterocycles. The highest BCUT2D eigenvalue weighted by atomic mass is 32.1. The lowest BCUT2D eigenvalue weighted by molar-refractivity contribution is -0.117. The highest BCUT2D eigenvalue weighted by molar-refractivity contribution is 7.15. The Morgan fingerprint density at radius 1 is 0.950 bits per heavy atom. The Labute approximate surface area is 236 Å². The second-order valence-corrected chi connectivity index (χ2v) is 12.1. The number of anilines is 1. The van der Waals surface area contributed by atoms with Crippen LogP contribution in [0.2, 0.25) is 0 Å². The van der Waals surface area contributed by atoms with E-state index in [4.69, 9.17) is 0 Å². The number of nitrogens with zero attached hydrogens (tertiary/aromatic N) is 3. The summed E-state index contributed by atoms with van der Waals surface area (Å²) in [4.78, 5) is 27.8. The molecule has 3 N–H and O–H groups in total. The normalized spacial score (nSPS) is 14.2. The highest BCUT2D eigenvalue weighted by Gasteiger charge is 2.18. The molecule has 6 aromatic rings. The van der Waals surface area contributed by atoms with Crippen molar-refractivity contribution in [2.75, 3.05) is 5.32 Å². The van der Waals surface area contributed by atoms with E-state index >= 15 is 0 Å². The van der Waals surface area contributed by atoms with Crippen molar-refractivity contribution in [3.05, 3.63) is 72.0 Å². The predicted molar refractivity (Wildman–Crippen MR) is 162 cm³/mol. The van der Waals surface area contributed by atoms with Gasteiger partial charge in [0.25, 0.3) is 0 Å². The third kappa shape index (κ3) is 4.79. The van der Waals surface area contributed by atoms with E-state index in [1.54, 1.807) is 17.5 Å². The molecule has 0 aliphatic heterocycles. The summed E-state index contributed by atoms with van der Waals surface area (Å²) in [6, 6.07) is 16.6. The molecule has 1 aliphatic rings. The Bertz CT molecular complexity index is 1840. The number of fused-ring (bicyclic) bond motifs is 2. The van der Waals surface area contributed by atoms with Gasteiger partial charge in [-0.1, -0.05) is 25.3 Å². The highest BCUT2D eigenvalue weighted by Crippen LogP contribution is 2.36. The van der Waals surface area contributed by atoms with Crippen LogP contribution in [0.15, 0.2) is 67.1 Å². The first-order valence-corrected chi connectivity index (χ1v) is 14.7. The molecule has 200 valence electrons. The van der Waals surface area contributed by atoms with Crippen LogP contribution in [0.1, 0.15) is 43.4 Å². The molecule has 7 nitrogen and oxygen atoms in total. The fourth-order valence-corrected chi connectivity index (χ4v) is 6.75. The first kappa shape index (κ1) is 24.7. The van der Waals surface area contributed by atoms with Crippen LogP contribution in [0, 0.1) is 12.8 Å². The number of carbonyl (C=O) groups is 1. The molecule has 8 heteroatoms. The number of pyridine rings is 2. The molecule has 0 bridgehead atoms. The molecule has 1 aromatic carbocycles. The third-order valence-electron chi connectivity index (χ3n) is 7.89. The van der Waals surface area contributed by atoms with Crippen molar-refractivity contribution in [3.8, 4) is 33.1 Å². The van der Waals surface area contributed by atoms with Crippen LogP contribution in [-0.2, 0) is 4.79 Å². The van der Waals surface area contributed by atoms with Gasteiger partial charge in [0.1, 0.15) is 5.69 Å². The minimum Gasteiger partial charge on any atom is -0.353 e. The van der Waals surface area contributed by atoms with E-state index in [0.717, 1.165) is 73.4 Å². The minimum atomic E-state index is 0.0730. The van der Waals surface area contributed by atoms with E-state index in [9.17, 15) is 4.79 Å². The molecule has 1 aliphatic carbocycles. The lowest BCUT2D eigenvalue weighted by atomic mass is 9.87. The van der Waals surface area contributed by atoms with Gasteiger partial charge in [-0.2, -0.15) is 5.10 Å². The number of hydrogen-bond donors (Lipinski definition) is 3. The van der Waals surface area contributed by atoms with Gasteiger partial charge >= 0.3 is 0 Å². The van der Waals surface area contributed by atoms with Crippen LogP contribution in [0.25, 0.3) is 54.9 Å². The van der Waals surface area contributed by atoms with Gasteiger partial charge in [0.05, 0.1) is 33.7 Å². The van der Waals surface area contributed by atoms with Crippen molar-refractivity contribution in [3.63, 3.8) is 0 Å². The SMILES string of the molecule is Cc1ccc(-c2nccc3[nH]c(-c4n[nH]c5ccc(-c6cncc(NC(=O)CC7CCCCC7)c6)cc45)cc23)s1. The lowest BCUT2D eigenvalue weighted by Gasteiger charge is -2.20. The standard InChI is InChI=1S/C32H30N6OS/c1-19-7-10-29(40-19)32-25-16-28(36-26(25)11-12-34-32)31-24-15-21(8-9-27(24)37-38-31)22-14-23(18-33-17-22)35-30(39)13-20-5-3-2-4-6-20/h7-12,14-18,20,36H,2-6,13H2,1H3,(H,35,39)(H,37,38). The second kappa shape index (κ2) is 10.4. The Kier molecular flexibility index (Phi) is 6.40. The first-order chi connectivity index (χ1) is 19.6. The van der Waals surface area contributed by atoms with Crippen molar-refractivity contribution in [2.24, 2.45) is 5.92 Å². The predicted octanol–water partition coefficient (Wildman–Crippen LogP) is 8.11. The van der Waals surface area contributed by atoms with Crippen molar-refractivity contribution >= 4 is 44.7 Å². The number of thiophene rings is 1. The maximum absolute atomic E-state index is 12.7. The fraction of sp³-hybridized carbons (Fsp3) is 0.250. The maximum Gasteiger partial charge on any atom is 0.224 e. The van der Waals surface area contributed by atoms with E-state index in [1.807, 2.05) is 30.6 Å². The third-order valence-corrected chi connectivity index (χ3v) is 8.90. The molecular weight excluding hydrogens is 516 g/mol. The molecule has 0 atom stereocenters. The number of aromatic nitrogens is 5. The maximum atomic E-state index is 12.7. The van der Waals surface area contributed by atoms with E-state index < -0.39 is 0 Å². The van der Waals surface area contributed by atoms with Gasteiger partial charge in [0.15, 0.2) is 0 Å². The van der Waals surface area contributed by atoms with Crippen LogP contribution < -0.4 is 5.32 Å². The van der Waals surface area contributed by atoms with Crippen LogP contribution in [0.4, 0.5) is 5.69 Å². The molecule has 0 spiro atoms. The van der Waals surface area contributed by atoms with Crippen LogP contribution in [0.3, 0.4) is 0 Å². The van der Waals surface area contributed by atoms with Crippen LogP contribution in [0.5, 0.6) is 0 Å². The van der Waals surface area contributed by atoms with Gasteiger partial charge in [0.2, 0.25) is 5.91 Å². The van der Waals surface area contributed by atoms with Crippen LogP contribution in [-0.4, -0.2) is 31.1 Å². The van der Waals surface area contributed by atoms with Gasteiger partial charge in [-0.05, 0) is 73.7 Å². The lowest BCUT2D eigenvalue weighted by Crippen LogP contribution is -2.18. The number of benzene rings is 1. The van der Waals surface area contributed by atoms with Crippen molar-refractivity contribution < 1.29 is 4.79 Å².